The monoisotopic (exact) mass is 328 g/mol. The summed E-state index contributed by atoms with van der Waals surface area (Å²) in [6, 6.07) is 0. The van der Waals surface area contributed by atoms with E-state index in [1.807, 2.05) is 20.8 Å². The topological polar surface area (TPSA) is 35.5 Å². The summed E-state index contributed by atoms with van der Waals surface area (Å²) in [6.45, 7) is 5.80. The van der Waals surface area contributed by atoms with Crippen LogP contribution in [0.1, 0.15) is 43.7 Å². The number of halogens is 2. The minimum atomic E-state index is -0.769. The summed E-state index contributed by atoms with van der Waals surface area (Å²) >= 11 is 12.6. The first kappa shape index (κ1) is 15.0. The van der Waals surface area contributed by atoms with E-state index in [1.54, 1.807) is 0 Å². The van der Waals surface area contributed by atoms with E-state index in [1.165, 1.54) is 0 Å². The first-order valence-electron chi connectivity index (χ1n) is 7.21. The number of carbonyl (C=O) groups is 1. The molecule has 1 fully saturated rings. The van der Waals surface area contributed by atoms with Gasteiger partial charge in [0.2, 0.25) is 0 Å². The van der Waals surface area contributed by atoms with Crippen LogP contribution < -0.4 is 9.47 Å². The molecule has 1 saturated carbocycles. The Balaban J connectivity index is 1.95. The summed E-state index contributed by atoms with van der Waals surface area (Å²) < 4.78 is 12.2. The van der Waals surface area contributed by atoms with Crippen molar-refractivity contribution < 1.29 is 14.3 Å². The Labute approximate surface area is 134 Å². The van der Waals surface area contributed by atoms with Gasteiger partial charge >= 0.3 is 0 Å². The van der Waals surface area contributed by atoms with Gasteiger partial charge in [0.25, 0.3) is 5.79 Å². The largest absolute Gasteiger partial charge is 0.448 e. The number of ketones is 1. The van der Waals surface area contributed by atoms with Crippen molar-refractivity contribution in [2.45, 2.75) is 52.2 Å². The molecule has 1 aliphatic heterocycles. The van der Waals surface area contributed by atoms with Gasteiger partial charge in [-0.3, -0.25) is 4.79 Å². The Bertz CT molecular complexity index is 578. The molecule has 0 N–H and O–H groups in total. The summed E-state index contributed by atoms with van der Waals surface area (Å²) in [5.41, 5.74) is 1.86. The van der Waals surface area contributed by atoms with Gasteiger partial charge in [0.15, 0.2) is 11.5 Å². The fourth-order valence-electron chi connectivity index (χ4n) is 3.14. The van der Waals surface area contributed by atoms with Crippen molar-refractivity contribution in [1.82, 2.24) is 0 Å². The standard InChI is InChI=1S/C16H18Cl2O3/c1-8-9(2)14-15(13(18)12(8)17)21-16(3,20-14)10-4-6-11(19)7-5-10/h10H,4-7H2,1-3H3. The maximum atomic E-state index is 11.4. The summed E-state index contributed by atoms with van der Waals surface area (Å²) in [5, 5.41) is 0.921. The van der Waals surface area contributed by atoms with Crippen LogP contribution in [0, 0.1) is 19.8 Å². The molecule has 1 aliphatic carbocycles. The molecule has 114 valence electrons. The molecular formula is C16H18Cl2O3. The molecule has 3 rings (SSSR count). The highest BCUT2D eigenvalue weighted by molar-refractivity contribution is 6.43. The summed E-state index contributed by atoms with van der Waals surface area (Å²) in [4.78, 5) is 11.4. The maximum Gasteiger partial charge on any atom is 0.251 e. The van der Waals surface area contributed by atoms with Crippen LogP contribution in [0.15, 0.2) is 0 Å². The highest BCUT2D eigenvalue weighted by Crippen LogP contribution is 2.53. The first-order chi connectivity index (χ1) is 9.83. The quantitative estimate of drug-likeness (QED) is 0.738. The molecule has 21 heavy (non-hydrogen) atoms. The summed E-state index contributed by atoms with van der Waals surface area (Å²) in [6.07, 6.45) is 2.76. The number of carbonyl (C=O) groups excluding carboxylic acids is 1. The predicted octanol–water partition coefficient (Wildman–Crippen LogP) is 4.86. The lowest BCUT2D eigenvalue weighted by atomic mass is 9.83. The Morgan fingerprint density at radius 2 is 1.57 bits per heavy atom. The van der Waals surface area contributed by atoms with E-state index in [4.69, 9.17) is 32.7 Å². The van der Waals surface area contributed by atoms with E-state index in [0.717, 1.165) is 24.0 Å². The zero-order chi connectivity index (χ0) is 15.4. The number of hydrogen-bond donors (Lipinski definition) is 0. The normalized spacial score (nSPS) is 25.5. The van der Waals surface area contributed by atoms with Crippen molar-refractivity contribution in [3.8, 4) is 11.5 Å². The van der Waals surface area contributed by atoms with Crippen LogP contribution in [0.25, 0.3) is 0 Å². The highest BCUT2D eigenvalue weighted by atomic mass is 35.5. The first-order valence-corrected chi connectivity index (χ1v) is 7.97. The van der Waals surface area contributed by atoms with Gasteiger partial charge in [-0.15, -0.1) is 0 Å². The third-order valence-electron chi connectivity index (χ3n) is 4.72. The van der Waals surface area contributed by atoms with Crippen LogP contribution in [0.4, 0.5) is 0 Å². The number of Topliss-reactive ketones (excluding diaryl/α,β-unsaturated/α-hetero) is 1. The van der Waals surface area contributed by atoms with Crippen molar-refractivity contribution in [3.63, 3.8) is 0 Å². The maximum absolute atomic E-state index is 11.4. The van der Waals surface area contributed by atoms with E-state index in [9.17, 15) is 4.79 Å². The number of fused-ring (bicyclic) bond motifs is 1. The van der Waals surface area contributed by atoms with Crippen molar-refractivity contribution in [2.75, 3.05) is 0 Å². The van der Waals surface area contributed by atoms with Crippen LogP contribution in [0.2, 0.25) is 10.0 Å². The van der Waals surface area contributed by atoms with Crippen LogP contribution in [-0.2, 0) is 4.79 Å². The lowest BCUT2D eigenvalue weighted by Crippen LogP contribution is -2.44. The Hall–Kier alpha value is -0.930. The van der Waals surface area contributed by atoms with Crippen molar-refractivity contribution in [1.29, 1.82) is 0 Å². The molecule has 1 aromatic carbocycles. The van der Waals surface area contributed by atoms with Gasteiger partial charge in [-0.05, 0) is 37.8 Å². The molecule has 0 amide bonds. The molecule has 1 atom stereocenters. The summed E-state index contributed by atoms with van der Waals surface area (Å²) in [7, 11) is 0. The SMILES string of the molecule is Cc1c(C)c2c(c(Cl)c1Cl)OC(C)(C1CCC(=O)CC1)O2. The van der Waals surface area contributed by atoms with E-state index < -0.39 is 5.79 Å². The van der Waals surface area contributed by atoms with Gasteiger partial charge in [-0.2, -0.15) is 0 Å². The Morgan fingerprint density at radius 3 is 2.19 bits per heavy atom. The molecule has 3 nitrogen and oxygen atoms in total. The molecule has 1 aromatic rings. The lowest BCUT2D eigenvalue weighted by molar-refractivity contribution is -0.135. The lowest BCUT2D eigenvalue weighted by Gasteiger charge is -2.34. The molecule has 0 radical (unpaired) electrons. The zero-order valence-corrected chi connectivity index (χ0v) is 13.9. The fraction of sp³-hybridized carbons (Fsp3) is 0.562. The molecule has 1 unspecified atom stereocenters. The minimum absolute atomic E-state index is 0.178. The number of benzene rings is 1. The fourth-order valence-corrected chi connectivity index (χ4v) is 3.63. The minimum Gasteiger partial charge on any atom is -0.448 e. The molecule has 2 aliphatic rings. The number of hydrogen-bond acceptors (Lipinski definition) is 3. The molecular weight excluding hydrogens is 311 g/mol. The molecule has 0 aromatic heterocycles. The van der Waals surface area contributed by atoms with Crippen molar-refractivity contribution in [2.24, 2.45) is 5.92 Å². The van der Waals surface area contributed by atoms with E-state index in [-0.39, 0.29) is 5.92 Å². The van der Waals surface area contributed by atoms with Crippen LogP contribution >= 0.6 is 23.2 Å². The number of rotatable bonds is 1. The second-order valence-electron chi connectivity index (χ2n) is 6.07. The second-order valence-corrected chi connectivity index (χ2v) is 6.83. The Morgan fingerprint density at radius 1 is 1.00 bits per heavy atom. The van der Waals surface area contributed by atoms with E-state index >= 15 is 0 Å². The third kappa shape index (κ3) is 2.31. The van der Waals surface area contributed by atoms with Gasteiger partial charge in [0.1, 0.15) is 10.8 Å². The van der Waals surface area contributed by atoms with Crippen LogP contribution in [-0.4, -0.2) is 11.6 Å². The molecule has 0 bridgehead atoms. The third-order valence-corrected chi connectivity index (χ3v) is 5.65. The van der Waals surface area contributed by atoms with Gasteiger partial charge in [0.05, 0.1) is 5.02 Å². The average molecular weight is 329 g/mol. The smallest absolute Gasteiger partial charge is 0.251 e. The molecule has 1 heterocycles. The van der Waals surface area contributed by atoms with Crippen molar-refractivity contribution in [3.05, 3.63) is 21.2 Å². The average Bonchev–Trinajstić information content (AvgIpc) is 2.83. The van der Waals surface area contributed by atoms with Crippen molar-refractivity contribution >= 4 is 29.0 Å². The molecule has 0 saturated heterocycles. The Kier molecular flexibility index (Phi) is 3.61. The second kappa shape index (κ2) is 5.06. The van der Waals surface area contributed by atoms with Gasteiger partial charge in [-0.1, -0.05) is 23.2 Å². The van der Waals surface area contributed by atoms with Crippen LogP contribution in [0.3, 0.4) is 0 Å². The zero-order valence-electron chi connectivity index (χ0n) is 12.4. The van der Waals surface area contributed by atoms with Gasteiger partial charge in [-0.25, -0.2) is 0 Å². The van der Waals surface area contributed by atoms with Crippen LogP contribution in [0.5, 0.6) is 11.5 Å². The highest BCUT2D eigenvalue weighted by Gasteiger charge is 2.47. The van der Waals surface area contributed by atoms with E-state index in [0.29, 0.717) is 40.2 Å². The number of ether oxygens (including phenoxy) is 2. The van der Waals surface area contributed by atoms with Gasteiger partial charge in [0, 0.05) is 25.7 Å². The van der Waals surface area contributed by atoms with Gasteiger partial charge < -0.3 is 9.47 Å². The summed E-state index contributed by atoms with van der Waals surface area (Å²) in [5.74, 6) is 0.940. The van der Waals surface area contributed by atoms with E-state index in [2.05, 4.69) is 0 Å². The predicted molar refractivity (Wildman–Crippen MR) is 82.6 cm³/mol. The molecule has 0 spiro atoms. The molecule has 5 heteroatoms.